The van der Waals surface area contributed by atoms with Crippen LogP contribution < -0.4 is 0 Å². The summed E-state index contributed by atoms with van der Waals surface area (Å²) in [6, 6.07) is 8.12. The third kappa shape index (κ3) is 7.03. The van der Waals surface area contributed by atoms with Crippen molar-refractivity contribution < 1.29 is 13.5 Å². The van der Waals surface area contributed by atoms with E-state index in [1.54, 1.807) is 11.8 Å². The molecule has 0 spiro atoms. The summed E-state index contributed by atoms with van der Waals surface area (Å²) in [4.78, 5) is 1.14. The van der Waals surface area contributed by atoms with Crippen molar-refractivity contribution in [2.75, 3.05) is 17.8 Å². The van der Waals surface area contributed by atoms with Gasteiger partial charge in [-0.3, -0.25) is 0 Å². The third-order valence-corrected chi connectivity index (χ3v) is 4.65. The summed E-state index contributed by atoms with van der Waals surface area (Å²) in [5.41, 5.74) is 1.20. The van der Waals surface area contributed by atoms with Crippen LogP contribution in [0.3, 0.4) is 0 Å². The van der Waals surface area contributed by atoms with Crippen molar-refractivity contribution in [3.63, 3.8) is 0 Å². The van der Waals surface area contributed by atoms with Crippen LogP contribution in [0.2, 0.25) is 0 Å². The molecule has 3 nitrogen and oxygen atoms in total. The second-order valence-electron chi connectivity index (χ2n) is 4.55. The van der Waals surface area contributed by atoms with Gasteiger partial charge in [0, 0.05) is 22.7 Å². The first-order chi connectivity index (χ1) is 8.37. The Morgan fingerprint density at radius 2 is 2.11 bits per heavy atom. The van der Waals surface area contributed by atoms with Crippen LogP contribution in [0, 0.1) is 6.92 Å². The molecule has 0 saturated carbocycles. The number of rotatable bonds is 7. The molecule has 1 aromatic carbocycles. The summed E-state index contributed by atoms with van der Waals surface area (Å²) < 4.78 is 21.9. The van der Waals surface area contributed by atoms with Crippen LogP contribution in [0.4, 0.5) is 0 Å². The molecule has 0 bridgehead atoms. The van der Waals surface area contributed by atoms with Gasteiger partial charge < -0.3 is 5.11 Å². The Labute approximate surface area is 114 Å². The van der Waals surface area contributed by atoms with E-state index in [0.717, 1.165) is 4.90 Å². The summed E-state index contributed by atoms with van der Waals surface area (Å²) in [7, 11) is -2.91. The predicted molar refractivity (Wildman–Crippen MR) is 76.9 cm³/mol. The average Bonchev–Trinajstić information content (AvgIpc) is 2.25. The van der Waals surface area contributed by atoms with Crippen molar-refractivity contribution in [2.24, 2.45) is 0 Å². The first-order valence-corrected chi connectivity index (χ1v) is 8.97. The van der Waals surface area contributed by atoms with Gasteiger partial charge in [0.2, 0.25) is 0 Å². The Morgan fingerprint density at radius 1 is 1.39 bits per heavy atom. The highest BCUT2D eigenvalue weighted by atomic mass is 32.2. The Morgan fingerprint density at radius 3 is 2.72 bits per heavy atom. The predicted octanol–water partition coefficient (Wildman–Crippen LogP) is 2.27. The van der Waals surface area contributed by atoms with Crippen molar-refractivity contribution in [2.45, 2.75) is 30.8 Å². The van der Waals surface area contributed by atoms with E-state index in [9.17, 15) is 13.5 Å². The van der Waals surface area contributed by atoms with Crippen molar-refractivity contribution >= 4 is 21.6 Å². The van der Waals surface area contributed by atoms with Crippen LogP contribution in [0.25, 0.3) is 0 Å². The fourth-order valence-corrected chi connectivity index (χ4v) is 3.25. The van der Waals surface area contributed by atoms with Crippen molar-refractivity contribution in [1.29, 1.82) is 0 Å². The lowest BCUT2D eigenvalue weighted by Crippen LogP contribution is -2.12. The van der Waals surface area contributed by atoms with Crippen molar-refractivity contribution in [1.82, 2.24) is 0 Å². The largest absolute Gasteiger partial charge is 0.392 e. The summed E-state index contributed by atoms with van der Waals surface area (Å²) in [5.74, 6) is 0.756. The molecule has 0 fully saturated rings. The lowest BCUT2D eigenvalue weighted by atomic mass is 10.2. The van der Waals surface area contributed by atoms with E-state index in [4.69, 9.17) is 0 Å². The van der Waals surface area contributed by atoms with Gasteiger partial charge in [-0.05, 0) is 31.9 Å². The van der Waals surface area contributed by atoms with Gasteiger partial charge in [0.1, 0.15) is 9.84 Å². The first kappa shape index (κ1) is 15.5. The van der Waals surface area contributed by atoms with Gasteiger partial charge in [0.15, 0.2) is 0 Å². The van der Waals surface area contributed by atoms with Crippen LogP contribution in [0.5, 0.6) is 0 Å². The molecule has 1 N–H and O–H groups in total. The third-order valence-electron chi connectivity index (χ3n) is 2.48. The van der Waals surface area contributed by atoms with E-state index in [1.165, 1.54) is 11.8 Å². The number of aryl methyl sites for hydroxylation is 1. The van der Waals surface area contributed by atoms with Gasteiger partial charge in [-0.25, -0.2) is 8.42 Å². The molecule has 0 saturated heterocycles. The molecule has 0 aliphatic carbocycles. The van der Waals surface area contributed by atoms with Gasteiger partial charge in [0.25, 0.3) is 0 Å². The van der Waals surface area contributed by atoms with Crippen molar-refractivity contribution in [3.05, 3.63) is 29.8 Å². The lowest BCUT2D eigenvalue weighted by Gasteiger charge is -2.10. The monoisotopic (exact) mass is 288 g/mol. The van der Waals surface area contributed by atoms with Crippen LogP contribution in [-0.4, -0.2) is 37.4 Å². The molecule has 0 aliphatic rings. The van der Waals surface area contributed by atoms with Gasteiger partial charge in [-0.15, -0.1) is 11.8 Å². The van der Waals surface area contributed by atoms with E-state index in [0.29, 0.717) is 18.6 Å². The summed E-state index contributed by atoms with van der Waals surface area (Å²) in [6.45, 7) is 2.03. The zero-order valence-corrected chi connectivity index (χ0v) is 12.4. The smallest absolute Gasteiger partial charge is 0.147 e. The van der Waals surface area contributed by atoms with Crippen molar-refractivity contribution in [3.8, 4) is 0 Å². The molecule has 0 amide bonds. The molecule has 0 aliphatic heterocycles. The molecule has 18 heavy (non-hydrogen) atoms. The number of aliphatic hydroxyl groups excluding tert-OH is 1. The number of aliphatic hydroxyl groups is 1. The van der Waals surface area contributed by atoms with Crippen LogP contribution in [-0.2, 0) is 9.84 Å². The standard InChI is InChI=1S/C13H20O3S2/c1-11-5-3-7-13(9-11)17-10-12(14)6-4-8-18(2,15)16/h3,5,7,9,12,14H,4,6,8,10H2,1-2H3. The Hall–Kier alpha value is -0.520. The molecular weight excluding hydrogens is 268 g/mol. The maximum atomic E-state index is 10.9. The molecule has 0 heterocycles. The second-order valence-corrected chi connectivity index (χ2v) is 7.91. The number of thioether (sulfide) groups is 1. The molecule has 5 heteroatoms. The Bertz CT molecular complexity index is 469. The zero-order valence-electron chi connectivity index (χ0n) is 10.8. The second kappa shape index (κ2) is 7.16. The van der Waals surface area contributed by atoms with Crippen LogP contribution in [0.1, 0.15) is 18.4 Å². The Kier molecular flexibility index (Phi) is 6.18. The molecule has 1 aromatic rings. The molecule has 1 rings (SSSR count). The summed E-state index contributed by atoms with van der Waals surface area (Å²) in [6.07, 6.45) is 1.83. The number of hydrogen-bond acceptors (Lipinski definition) is 4. The number of sulfone groups is 1. The highest BCUT2D eigenvalue weighted by Crippen LogP contribution is 2.20. The van der Waals surface area contributed by atoms with Gasteiger partial charge >= 0.3 is 0 Å². The average molecular weight is 288 g/mol. The molecule has 1 atom stereocenters. The summed E-state index contributed by atoms with van der Waals surface area (Å²) >= 11 is 1.60. The van der Waals surface area contributed by atoms with E-state index in [-0.39, 0.29) is 5.75 Å². The Balaban J connectivity index is 2.27. The highest BCUT2D eigenvalue weighted by molar-refractivity contribution is 7.99. The summed E-state index contributed by atoms with van der Waals surface area (Å²) in [5, 5.41) is 9.76. The normalized spacial score (nSPS) is 13.5. The lowest BCUT2D eigenvalue weighted by molar-refractivity contribution is 0.188. The van der Waals surface area contributed by atoms with Crippen LogP contribution in [0.15, 0.2) is 29.2 Å². The number of benzene rings is 1. The zero-order chi connectivity index (χ0) is 13.6. The molecular formula is C13H20O3S2. The SMILES string of the molecule is Cc1cccc(SCC(O)CCCS(C)(=O)=O)c1. The minimum absolute atomic E-state index is 0.152. The topological polar surface area (TPSA) is 54.4 Å². The quantitative estimate of drug-likeness (QED) is 0.782. The van der Waals surface area contributed by atoms with E-state index in [2.05, 4.69) is 6.07 Å². The molecule has 102 valence electrons. The maximum Gasteiger partial charge on any atom is 0.147 e. The molecule has 0 aromatic heterocycles. The first-order valence-electron chi connectivity index (χ1n) is 5.92. The van der Waals surface area contributed by atoms with Gasteiger partial charge in [-0.1, -0.05) is 17.7 Å². The van der Waals surface area contributed by atoms with Crippen LogP contribution >= 0.6 is 11.8 Å². The molecule has 1 unspecified atom stereocenters. The minimum atomic E-state index is -2.91. The minimum Gasteiger partial charge on any atom is -0.392 e. The van der Waals surface area contributed by atoms with Gasteiger partial charge in [0.05, 0.1) is 6.10 Å². The van der Waals surface area contributed by atoms with Gasteiger partial charge in [-0.2, -0.15) is 0 Å². The maximum absolute atomic E-state index is 10.9. The fraction of sp³-hybridized carbons (Fsp3) is 0.538. The van der Waals surface area contributed by atoms with E-state index >= 15 is 0 Å². The molecule has 0 radical (unpaired) electrons. The van der Waals surface area contributed by atoms with E-state index < -0.39 is 15.9 Å². The van der Waals surface area contributed by atoms with E-state index in [1.807, 2.05) is 25.1 Å². The highest BCUT2D eigenvalue weighted by Gasteiger charge is 2.08. The fourth-order valence-electron chi connectivity index (χ4n) is 1.56. The number of hydrogen-bond donors (Lipinski definition) is 1.